The SMILES string of the molecule is CNCc1oc2c3c(ccc2c1C(C)C)CC(C)(C)O3. The summed E-state index contributed by atoms with van der Waals surface area (Å²) in [6.07, 6.45) is 0.942. The molecule has 1 aromatic heterocycles. The zero-order valence-corrected chi connectivity index (χ0v) is 13.0. The van der Waals surface area contributed by atoms with Crippen molar-refractivity contribution in [2.45, 2.75) is 52.2 Å². The van der Waals surface area contributed by atoms with Crippen molar-refractivity contribution in [2.24, 2.45) is 0 Å². The van der Waals surface area contributed by atoms with Gasteiger partial charge in [-0.25, -0.2) is 0 Å². The zero-order valence-electron chi connectivity index (χ0n) is 13.0. The molecule has 3 nitrogen and oxygen atoms in total. The first-order chi connectivity index (χ1) is 9.43. The normalized spacial score (nSPS) is 16.7. The lowest BCUT2D eigenvalue weighted by atomic mass is 9.97. The van der Waals surface area contributed by atoms with E-state index >= 15 is 0 Å². The molecule has 3 heteroatoms. The smallest absolute Gasteiger partial charge is 0.176 e. The second-order valence-electron chi connectivity index (χ2n) is 6.59. The standard InChI is InChI=1S/C17H23NO2/c1-10(2)14-12-7-6-11-8-17(3,4)20-15(11)16(12)19-13(14)9-18-5/h6-7,10,18H,8-9H2,1-5H3. The van der Waals surface area contributed by atoms with E-state index in [2.05, 4.69) is 45.1 Å². The summed E-state index contributed by atoms with van der Waals surface area (Å²) in [6, 6.07) is 4.38. The van der Waals surface area contributed by atoms with Gasteiger partial charge in [0, 0.05) is 22.9 Å². The van der Waals surface area contributed by atoms with E-state index < -0.39 is 0 Å². The maximum Gasteiger partial charge on any atom is 0.176 e. The fraction of sp³-hybridized carbons (Fsp3) is 0.529. The summed E-state index contributed by atoms with van der Waals surface area (Å²) in [5.41, 5.74) is 3.33. The third-order valence-corrected chi connectivity index (χ3v) is 3.92. The Balaban J connectivity index is 2.23. The summed E-state index contributed by atoms with van der Waals surface area (Å²) >= 11 is 0. The van der Waals surface area contributed by atoms with Crippen molar-refractivity contribution < 1.29 is 9.15 Å². The molecular formula is C17H23NO2. The number of ether oxygens (including phenoxy) is 1. The molecule has 0 saturated carbocycles. The van der Waals surface area contributed by atoms with Gasteiger partial charge in [-0.1, -0.05) is 26.0 Å². The number of nitrogens with one attached hydrogen (secondary N) is 1. The Hall–Kier alpha value is -1.48. The molecule has 1 N–H and O–H groups in total. The lowest BCUT2D eigenvalue weighted by Crippen LogP contribution is -2.24. The van der Waals surface area contributed by atoms with Gasteiger partial charge in [-0.3, -0.25) is 0 Å². The molecular weight excluding hydrogens is 250 g/mol. The van der Waals surface area contributed by atoms with Gasteiger partial charge in [0.2, 0.25) is 0 Å². The highest BCUT2D eigenvalue weighted by Crippen LogP contribution is 2.44. The maximum absolute atomic E-state index is 6.15. The highest BCUT2D eigenvalue weighted by Gasteiger charge is 2.33. The van der Waals surface area contributed by atoms with E-state index in [1.54, 1.807) is 0 Å². The van der Waals surface area contributed by atoms with Crippen LogP contribution >= 0.6 is 0 Å². The third-order valence-electron chi connectivity index (χ3n) is 3.92. The van der Waals surface area contributed by atoms with Crippen molar-refractivity contribution in [3.8, 4) is 5.75 Å². The quantitative estimate of drug-likeness (QED) is 0.918. The van der Waals surface area contributed by atoms with Crippen LogP contribution < -0.4 is 10.1 Å². The van der Waals surface area contributed by atoms with Gasteiger partial charge in [0.1, 0.15) is 11.4 Å². The molecule has 0 spiro atoms. The molecule has 0 fully saturated rings. The number of hydrogen-bond donors (Lipinski definition) is 1. The molecule has 0 radical (unpaired) electrons. The summed E-state index contributed by atoms with van der Waals surface area (Å²) in [5, 5.41) is 4.39. The van der Waals surface area contributed by atoms with Gasteiger partial charge < -0.3 is 14.5 Å². The first-order valence-electron chi connectivity index (χ1n) is 7.33. The van der Waals surface area contributed by atoms with E-state index in [1.165, 1.54) is 16.5 Å². The predicted molar refractivity (Wildman–Crippen MR) is 81.5 cm³/mol. The van der Waals surface area contributed by atoms with Crippen molar-refractivity contribution in [1.82, 2.24) is 5.32 Å². The second kappa shape index (κ2) is 4.52. The molecule has 1 aliphatic heterocycles. The van der Waals surface area contributed by atoms with Gasteiger partial charge in [0.15, 0.2) is 11.3 Å². The molecule has 0 atom stereocenters. The summed E-state index contributed by atoms with van der Waals surface area (Å²) in [5.74, 6) is 2.41. The number of furan rings is 1. The van der Waals surface area contributed by atoms with E-state index in [-0.39, 0.29) is 5.60 Å². The molecule has 1 aromatic carbocycles. The summed E-state index contributed by atoms with van der Waals surface area (Å²) in [4.78, 5) is 0. The van der Waals surface area contributed by atoms with Crippen molar-refractivity contribution in [3.63, 3.8) is 0 Å². The van der Waals surface area contributed by atoms with Crippen LogP contribution in [0.2, 0.25) is 0 Å². The van der Waals surface area contributed by atoms with E-state index in [0.29, 0.717) is 5.92 Å². The van der Waals surface area contributed by atoms with Crippen molar-refractivity contribution in [2.75, 3.05) is 7.05 Å². The Bertz CT molecular complexity index is 653. The fourth-order valence-corrected chi connectivity index (χ4v) is 3.19. The molecule has 1 aliphatic rings. The molecule has 20 heavy (non-hydrogen) atoms. The number of benzene rings is 1. The Morgan fingerprint density at radius 1 is 1.30 bits per heavy atom. The summed E-state index contributed by atoms with van der Waals surface area (Å²) in [7, 11) is 1.95. The van der Waals surface area contributed by atoms with E-state index in [9.17, 15) is 0 Å². The lowest BCUT2D eigenvalue weighted by Gasteiger charge is -2.16. The average molecular weight is 273 g/mol. The van der Waals surface area contributed by atoms with Crippen LogP contribution in [0, 0.1) is 0 Å². The Morgan fingerprint density at radius 3 is 2.70 bits per heavy atom. The Morgan fingerprint density at radius 2 is 2.05 bits per heavy atom. The van der Waals surface area contributed by atoms with Gasteiger partial charge in [-0.05, 0) is 26.8 Å². The van der Waals surface area contributed by atoms with Crippen LogP contribution in [0.4, 0.5) is 0 Å². The van der Waals surface area contributed by atoms with Crippen molar-refractivity contribution >= 4 is 11.0 Å². The third kappa shape index (κ3) is 2.01. The van der Waals surface area contributed by atoms with Gasteiger partial charge in [0.25, 0.3) is 0 Å². The predicted octanol–water partition coefficient (Wildman–Crippen LogP) is 3.99. The largest absolute Gasteiger partial charge is 0.483 e. The van der Waals surface area contributed by atoms with Crippen LogP contribution in [-0.2, 0) is 13.0 Å². The molecule has 2 aromatic rings. The second-order valence-corrected chi connectivity index (χ2v) is 6.59. The van der Waals surface area contributed by atoms with Crippen molar-refractivity contribution in [1.29, 1.82) is 0 Å². The molecule has 2 heterocycles. The van der Waals surface area contributed by atoms with Crippen LogP contribution in [0.25, 0.3) is 11.0 Å². The summed E-state index contributed by atoms with van der Waals surface area (Å²) in [6.45, 7) is 9.42. The number of hydrogen-bond acceptors (Lipinski definition) is 3. The summed E-state index contributed by atoms with van der Waals surface area (Å²) < 4.78 is 12.3. The minimum absolute atomic E-state index is 0.134. The molecule has 0 amide bonds. The first kappa shape index (κ1) is 13.5. The first-order valence-corrected chi connectivity index (χ1v) is 7.33. The topological polar surface area (TPSA) is 34.4 Å². The fourth-order valence-electron chi connectivity index (χ4n) is 3.19. The van der Waals surface area contributed by atoms with Crippen LogP contribution in [0.1, 0.15) is 50.5 Å². The maximum atomic E-state index is 6.15. The van der Waals surface area contributed by atoms with Crippen LogP contribution in [0.3, 0.4) is 0 Å². The van der Waals surface area contributed by atoms with E-state index in [1.807, 2.05) is 7.05 Å². The zero-order chi connectivity index (χ0) is 14.5. The van der Waals surface area contributed by atoms with Crippen LogP contribution in [0.5, 0.6) is 5.75 Å². The van der Waals surface area contributed by atoms with Crippen LogP contribution in [0.15, 0.2) is 16.5 Å². The van der Waals surface area contributed by atoms with Gasteiger partial charge >= 0.3 is 0 Å². The van der Waals surface area contributed by atoms with Gasteiger partial charge in [-0.15, -0.1) is 0 Å². The average Bonchev–Trinajstić information content (AvgIpc) is 2.84. The minimum Gasteiger partial charge on any atom is -0.483 e. The number of rotatable bonds is 3. The minimum atomic E-state index is -0.134. The Labute approximate surface area is 120 Å². The lowest BCUT2D eigenvalue weighted by molar-refractivity contribution is 0.138. The molecule has 108 valence electrons. The molecule has 0 bridgehead atoms. The monoisotopic (exact) mass is 273 g/mol. The number of fused-ring (bicyclic) bond motifs is 3. The Kier molecular flexibility index (Phi) is 3.05. The molecule has 0 saturated heterocycles. The highest BCUT2D eigenvalue weighted by molar-refractivity contribution is 5.89. The van der Waals surface area contributed by atoms with Gasteiger partial charge in [-0.2, -0.15) is 0 Å². The van der Waals surface area contributed by atoms with Gasteiger partial charge in [0.05, 0.1) is 6.54 Å². The van der Waals surface area contributed by atoms with Crippen LogP contribution in [-0.4, -0.2) is 12.6 Å². The molecule has 3 rings (SSSR count). The van der Waals surface area contributed by atoms with E-state index in [4.69, 9.17) is 9.15 Å². The molecule has 0 unspecified atom stereocenters. The van der Waals surface area contributed by atoms with Crippen molar-refractivity contribution in [3.05, 3.63) is 29.0 Å². The van der Waals surface area contributed by atoms with E-state index in [0.717, 1.165) is 30.1 Å². The highest BCUT2D eigenvalue weighted by atomic mass is 16.5. The molecule has 0 aliphatic carbocycles.